The van der Waals surface area contributed by atoms with Gasteiger partial charge in [-0.1, -0.05) is 19.9 Å². The Morgan fingerprint density at radius 1 is 1.26 bits per heavy atom. The molecule has 0 fully saturated rings. The molecular weight excluding hydrogens is 234 g/mol. The minimum atomic E-state index is 0.409. The average molecular weight is 257 g/mol. The molecule has 1 unspecified atom stereocenters. The van der Waals surface area contributed by atoms with Crippen molar-refractivity contribution in [3.63, 3.8) is 0 Å². The van der Waals surface area contributed by atoms with E-state index < -0.39 is 0 Å². The van der Waals surface area contributed by atoms with Crippen LogP contribution in [-0.2, 0) is 6.54 Å². The van der Waals surface area contributed by atoms with E-state index in [4.69, 9.17) is 0 Å². The predicted octanol–water partition coefficient (Wildman–Crippen LogP) is 3.16. The quantitative estimate of drug-likeness (QED) is 0.891. The number of rotatable bonds is 5. The predicted molar refractivity (Wildman–Crippen MR) is 79.1 cm³/mol. The molecule has 1 N–H and O–H groups in total. The second kappa shape index (κ2) is 6.02. The maximum atomic E-state index is 4.54. The van der Waals surface area contributed by atoms with Gasteiger partial charge in [0.1, 0.15) is 0 Å². The third kappa shape index (κ3) is 3.44. The summed E-state index contributed by atoms with van der Waals surface area (Å²) in [6, 6.07) is 8.76. The van der Waals surface area contributed by atoms with Crippen LogP contribution in [0, 0.1) is 12.8 Å². The molecule has 2 aromatic rings. The first-order valence-electron chi connectivity index (χ1n) is 6.85. The van der Waals surface area contributed by atoms with Gasteiger partial charge in [0.05, 0.1) is 12.2 Å². The Hall–Kier alpha value is -1.61. The van der Waals surface area contributed by atoms with Crippen LogP contribution < -0.4 is 5.32 Å². The van der Waals surface area contributed by atoms with Crippen molar-refractivity contribution in [2.45, 2.75) is 33.4 Å². The number of pyridine rings is 1. The molecule has 102 valence electrons. The van der Waals surface area contributed by atoms with Gasteiger partial charge in [-0.05, 0) is 43.7 Å². The Morgan fingerprint density at radius 3 is 2.68 bits per heavy atom. The number of nitrogens with zero attached hydrogens (tertiary/aromatic N) is 2. The third-order valence-corrected chi connectivity index (χ3v) is 3.40. The summed E-state index contributed by atoms with van der Waals surface area (Å²) in [4.78, 5) is 4.54. The highest BCUT2D eigenvalue weighted by Crippen LogP contribution is 2.21. The molecule has 2 rings (SSSR count). The molecule has 2 aromatic heterocycles. The van der Waals surface area contributed by atoms with E-state index in [0.29, 0.717) is 12.0 Å². The molecular formula is C16H23N3. The number of aromatic nitrogens is 2. The molecule has 0 bridgehead atoms. The minimum Gasteiger partial charge on any atom is -0.348 e. The molecule has 0 aliphatic carbocycles. The molecule has 0 saturated heterocycles. The summed E-state index contributed by atoms with van der Waals surface area (Å²) in [6.45, 7) is 7.33. The van der Waals surface area contributed by atoms with Gasteiger partial charge in [-0.3, -0.25) is 4.98 Å². The Labute approximate surface area is 115 Å². The van der Waals surface area contributed by atoms with Gasteiger partial charge in [-0.2, -0.15) is 0 Å². The van der Waals surface area contributed by atoms with Gasteiger partial charge in [-0.15, -0.1) is 0 Å². The van der Waals surface area contributed by atoms with Crippen LogP contribution in [0.15, 0.2) is 36.7 Å². The number of hydrogen-bond acceptors (Lipinski definition) is 2. The van der Waals surface area contributed by atoms with Crippen LogP contribution in [0.25, 0.3) is 0 Å². The molecule has 2 heterocycles. The second-order valence-electron chi connectivity index (χ2n) is 5.40. The summed E-state index contributed by atoms with van der Waals surface area (Å²) < 4.78 is 2.20. The van der Waals surface area contributed by atoms with Crippen LogP contribution in [0.2, 0.25) is 0 Å². The first-order valence-corrected chi connectivity index (χ1v) is 6.85. The standard InChI is InChI=1S/C16H23N3/c1-12(2)16(17-4)14-8-9-19(10-14)11-15-7-5-6-13(3)18-15/h5-10,12,16-17H,11H2,1-4H3. The molecule has 1 atom stereocenters. The lowest BCUT2D eigenvalue weighted by atomic mass is 9.99. The van der Waals surface area contributed by atoms with Gasteiger partial charge in [-0.25, -0.2) is 0 Å². The van der Waals surface area contributed by atoms with Crippen molar-refractivity contribution < 1.29 is 0 Å². The van der Waals surface area contributed by atoms with Gasteiger partial charge < -0.3 is 9.88 Å². The Morgan fingerprint density at radius 2 is 2.05 bits per heavy atom. The molecule has 0 aromatic carbocycles. The second-order valence-corrected chi connectivity index (χ2v) is 5.40. The summed E-state index contributed by atoms with van der Waals surface area (Å²) in [5.74, 6) is 0.581. The summed E-state index contributed by atoms with van der Waals surface area (Å²) >= 11 is 0. The van der Waals surface area contributed by atoms with Gasteiger partial charge in [0.25, 0.3) is 0 Å². The molecule has 0 aliphatic heterocycles. The monoisotopic (exact) mass is 257 g/mol. The van der Waals surface area contributed by atoms with Gasteiger partial charge in [0.15, 0.2) is 0 Å². The summed E-state index contributed by atoms with van der Waals surface area (Å²) in [6.07, 6.45) is 4.34. The third-order valence-electron chi connectivity index (χ3n) is 3.40. The first kappa shape index (κ1) is 13.8. The van der Waals surface area contributed by atoms with E-state index in [9.17, 15) is 0 Å². The Bertz CT molecular complexity index is 528. The molecule has 0 radical (unpaired) electrons. The molecule has 3 heteroatoms. The van der Waals surface area contributed by atoms with E-state index in [0.717, 1.165) is 17.9 Å². The number of aryl methyl sites for hydroxylation is 1. The van der Waals surface area contributed by atoms with Crippen molar-refractivity contribution in [1.29, 1.82) is 0 Å². The highest BCUT2D eigenvalue weighted by molar-refractivity contribution is 5.18. The lowest BCUT2D eigenvalue weighted by Crippen LogP contribution is -2.21. The van der Waals surface area contributed by atoms with E-state index in [1.807, 2.05) is 20.0 Å². The molecule has 0 saturated carbocycles. The molecule has 0 amide bonds. The topological polar surface area (TPSA) is 29.9 Å². The number of nitrogens with one attached hydrogen (secondary N) is 1. The van der Waals surface area contributed by atoms with Gasteiger partial charge >= 0.3 is 0 Å². The van der Waals surface area contributed by atoms with Crippen LogP contribution >= 0.6 is 0 Å². The van der Waals surface area contributed by atoms with E-state index in [2.05, 4.69) is 59.3 Å². The first-order chi connectivity index (χ1) is 9.10. The van der Waals surface area contributed by atoms with Crippen molar-refractivity contribution >= 4 is 0 Å². The summed E-state index contributed by atoms with van der Waals surface area (Å²) in [5.41, 5.74) is 3.51. The number of hydrogen-bond donors (Lipinski definition) is 1. The van der Waals surface area contributed by atoms with Crippen LogP contribution in [0.1, 0.15) is 36.8 Å². The van der Waals surface area contributed by atoms with Crippen LogP contribution in [0.3, 0.4) is 0 Å². The summed E-state index contributed by atoms with van der Waals surface area (Å²) in [5, 5.41) is 3.38. The zero-order valence-electron chi connectivity index (χ0n) is 12.2. The van der Waals surface area contributed by atoms with Crippen LogP contribution in [-0.4, -0.2) is 16.6 Å². The van der Waals surface area contributed by atoms with Crippen molar-refractivity contribution in [2.75, 3.05) is 7.05 Å². The van der Waals surface area contributed by atoms with E-state index in [1.165, 1.54) is 5.56 Å². The van der Waals surface area contributed by atoms with Crippen molar-refractivity contribution in [2.24, 2.45) is 5.92 Å². The highest BCUT2D eigenvalue weighted by Gasteiger charge is 2.14. The van der Waals surface area contributed by atoms with E-state index in [1.54, 1.807) is 0 Å². The highest BCUT2D eigenvalue weighted by atomic mass is 15.0. The largest absolute Gasteiger partial charge is 0.348 e. The lowest BCUT2D eigenvalue weighted by molar-refractivity contribution is 0.442. The molecule has 0 aliphatic rings. The van der Waals surface area contributed by atoms with Crippen molar-refractivity contribution in [3.05, 3.63) is 53.6 Å². The fourth-order valence-electron chi connectivity index (χ4n) is 2.50. The minimum absolute atomic E-state index is 0.409. The van der Waals surface area contributed by atoms with Gasteiger partial charge in [0, 0.05) is 24.1 Å². The fraction of sp³-hybridized carbons (Fsp3) is 0.438. The Balaban J connectivity index is 2.13. The average Bonchev–Trinajstić information content (AvgIpc) is 2.78. The van der Waals surface area contributed by atoms with Crippen LogP contribution in [0.4, 0.5) is 0 Å². The molecule has 19 heavy (non-hydrogen) atoms. The zero-order chi connectivity index (χ0) is 13.8. The normalized spacial score (nSPS) is 12.9. The Kier molecular flexibility index (Phi) is 4.38. The lowest BCUT2D eigenvalue weighted by Gasteiger charge is -2.18. The smallest absolute Gasteiger partial charge is 0.0642 e. The maximum Gasteiger partial charge on any atom is 0.0642 e. The zero-order valence-corrected chi connectivity index (χ0v) is 12.2. The SMILES string of the molecule is CNC(c1ccn(Cc2cccc(C)n2)c1)C(C)C. The fourth-order valence-corrected chi connectivity index (χ4v) is 2.50. The van der Waals surface area contributed by atoms with E-state index >= 15 is 0 Å². The maximum absolute atomic E-state index is 4.54. The van der Waals surface area contributed by atoms with E-state index in [-0.39, 0.29) is 0 Å². The molecule has 3 nitrogen and oxygen atoms in total. The van der Waals surface area contributed by atoms with Crippen molar-refractivity contribution in [1.82, 2.24) is 14.9 Å². The van der Waals surface area contributed by atoms with Gasteiger partial charge in [0.2, 0.25) is 0 Å². The summed E-state index contributed by atoms with van der Waals surface area (Å²) in [7, 11) is 2.02. The molecule has 0 spiro atoms. The van der Waals surface area contributed by atoms with Crippen molar-refractivity contribution in [3.8, 4) is 0 Å². The van der Waals surface area contributed by atoms with Crippen LogP contribution in [0.5, 0.6) is 0 Å².